The van der Waals surface area contributed by atoms with E-state index >= 15 is 0 Å². The normalized spacial score (nSPS) is 11.6. The van der Waals surface area contributed by atoms with Gasteiger partial charge >= 0.3 is 0 Å². The molecular weight excluding hydrogens is 374 g/mol. The van der Waals surface area contributed by atoms with Gasteiger partial charge in [0.15, 0.2) is 0 Å². The van der Waals surface area contributed by atoms with Crippen LogP contribution in [0.25, 0.3) is 0 Å². The highest BCUT2D eigenvalue weighted by atomic mass is 32.2. The first kappa shape index (κ1) is 19.6. The largest absolute Gasteiger partial charge is 0.307 e. The van der Waals surface area contributed by atoms with E-state index in [2.05, 4.69) is 4.98 Å². The van der Waals surface area contributed by atoms with Crippen molar-refractivity contribution < 1.29 is 9.72 Å². The fraction of sp³-hybridized carbons (Fsp3) is 0.143. The van der Waals surface area contributed by atoms with E-state index in [9.17, 15) is 14.9 Å². The standard InChI is InChI=1S/C21H19N3O3S/c1-16(28-20-13-12-19(14-22-20)24(26)27)21(25)23(18-10-6-3-7-11-18)15-17-8-4-2-5-9-17/h2-14,16H,15H2,1H3. The molecule has 1 unspecified atom stereocenters. The quantitative estimate of drug-likeness (QED) is 0.330. The van der Waals surface area contributed by atoms with Crippen molar-refractivity contribution in [1.82, 2.24) is 4.98 Å². The van der Waals surface area contributed by atoms with Gasteiger partial charge in [0.05, 0.1) is 21.7 Å². The molecule has 0 bridgehead atoms. The average Bonchev–Trinajstić information content (AvgIpc) is 2.73. The first-order chi connectivity index (χ1) is 13.5. The van der Waals surface area contributed by atoms with Crippen LogP contribution in [0.15, 0.2) is 84.0 Å². The molecule has 0 aliphatic heterocycles. The van der Waals surface area contributed by atoms with Crippen LogP contribution in [-0.4, -0.2) is 21.1 Å². The van der Waals surface area contributed by atoms with E-state index in [4.69, 9.17) is 0 Å². The molecule has 0 radical (unpaired) electrons. The van der Waals surface area contributed by atoms with Gasteiger partial charge in [0, 0.05) is 11.8 Å². The zero-order chi connectivity index (χ0) is 19.9. The minimum atomic E-state index is -0.493. The number of amides is 1. The molecule has 3 rings (SSSR count). The van der Waals surface area contributed by atoms with Crippen molar-refractivity contribution in [2.45, 2.75) is 23.7 Å². The van der Waals surface area contributed by atoms with Crippen molar-refractivity contribution in [1.29, 1.82) is 0 Å². The molecule has 3 aromatic rings. The number of carbonyl (C=O) groups is 1. The number of carbonyl (C=O) groups excluding carboxylic acids is 1. The van der Waals surface area contributed by atoms with Gasteiger partial charge in [-0.1, -0.05) is 60.3 Å². The van der Waals surface area contributed by atoms with E-state index in [1.54, 1.807) is 11.0 Å². The van der Waals surface area contributed by atoms with Crippen LogP contribution in [0.1, 0.15) is 12.5 Å². The van der Waals surface area contributed by atoms with Crippen LogP contribution in [0.4, 0.5) is 11.4 Å². The van der Waals surface area contributed by atoms with Crippen molar-refractivity contribution in [3.05, 3.63) is 94.7 Å². The summed E-state index contributed by atoms with van der Waals surface area (Å²) in [5.41, 5.74) is 1.78. The maximum absolute atomic E-state index is 13.2. The number of thioether (sulfide) groups is 1. The highest BCUT2D eigenvalue weighted by Crippen LogP contribution is 2.27. The lowest BCUT2D eigenvalue weighted by atomic mass is 10.2. The number of anilines is 1. The minimum Gasteiger partial charge on any atom is -0.307 e. The van der Waals surface area contributed by atoms with E-state index in [0.717, 1.165) is 11.3 Å². The summed E-state index contributed by atoms with van der Waals surface area (Å²) >= 11 is 1.28. The third kappa shape index (κ3) is 4.95. The van der Waals surface area contributed by atoms with Gasteiger partial charge in [0.25, 0.3) is 5.69 Å². The summed E-state index contributed by atoms with van der Waals surface area (Å²) in [6, 6.07) is 22.3. The Morgan fingerprint density at radius 2 is 1.71 bits per heavy atom. The first-order valence-corrected chi connectivity index (χ1v) is 9.60. The van der Waals surface area contributed by atoms with Crippen molar-refractivity contribution in [3.8, 4) is 0 Å². The van der Waals surface area contributed by atoms with Crippen LogP contribution in [0.3, 0.4) is 0 Å². The Kier molecular flexibility index (Phi) is 6.39. The number of benzene rings is 2. The highest BCUT2D eigenvalue weighted by molar-refractivity contribution is 8.00. The first-order valence-electron chi connectivity index (χ1n) is 8.72. The Hall–Kier alpha value is -3.19. The fourth-order valence-corrected chi connectivity index (χ4v) is 3.52. The number of nitrogens with zero attached hydrogens (tertiary/aromatic N) is 3. The second kappa shape index (κ2) is 9.14. The van der Waals surface area contributed by atoms with E-state index < -0.39 is 10.2 Å². The number of nitro groups is 1. The molecule has 1 heterocycles. The lowest BCUT2D eigenvalue weighted by Gasteiger charge is -2.26. The van der Waals surface area contributed by atoms with Crippen LogP contribution >= 0.6 is 11.8 Å². The molecule has 28 heavy (non-hydrogen) atoms. The predicted molar refractivity (Wildman–Crippen MR) is 110 cm³/mol. The number of aromatic nitrogens is 1. The van der Waals surface area contributed by atoms with Crippen LogP contribution < -0.4 is 4.90 Å². The summed E-state index contributed by atoms with van der Waals surface area (Å²) in [4.78, 5) is 29.3. The molecule has 142 valence electrons. The van der Waals surface area contributed by atoms with Gasteiger partial charge in [0.1, 0.15) is 6.20 Å². The number of hydrogen-bond donors (Lipinski definition) is 0. The molecule has 0 saturated heterocycles. The number of pyridine rings is 1. The molecule has 6 nitrogen and oxygen atoms in total. The van der Waals surface area contributed by atoms with Crippen LogP contribution in [0, 0.1) is 10.1 Å². The van der Waals surface area contributed by atoms with Crippen molar-refractivity contribution in [3.63, 3.8) is 0 Å². The molecule has 7 heteroatoms. The fourth-order valence-electron chi connectivity index (χ4n) is 2.67. The molecule has 1 atom stereocenters. The van der Waals surface area contributed by atoms with E-state index in [1.165, 1.54) is 24.0 Å². The van der Waals surface area contributed by atoms with Crippen molar-refractivity contribution in [2.24, 2.45) is 0 Å². The maximum Gasteiger partial charge on any atom is 0.287 e. The summed E-state index contributed by atoms with van der Waals surface area (Å²) in [5, 5.41) is 10.9. The molecular formula is C21H19N3O3S. The summed E-state index contributed by atoms with van der Waals surface area (Å²) in [6.07, 6.45) is 1.21. The topological polar surface area (TPSA) is 76.3 Å². The lowest BCUT2D eigenvalue weighted by Crippen LogP contribution is -2.36. The van der Waals surface area contributed by atoms with Gasteiger partial charge in [-0.25, -0.2) is 4.98 Å². The van der Waals surface area contributed by atoms with Gasteiger partial charge in [-0.2, -0.15) is 0 Å². The molecule has 1 amide bonds. The molecule has 0 N–H and O–H groups in total. The second-order valence-corrected chi connectivity index (χ2v) is 7.48. The Morgan fingerprint density at radius 3 is 2.29 bits per heavy atom. The van der Waals surface area contributed by atoms with Gasteiger partial charge < -0.3 is 4.90 Å². The number of hydrogen-bond acceptors (Lipinski definition) is 5. The molecule has 1 aromatic heterocycles. The molecule has 0 fully saturated rings. The predicted octanol–water partition coefficient (Wildman–Crippen LogP) is 4.70. The summed E-state index contributed by atoms with van der Waals surface area (Å²) in [7, 11) is 0. The Labute approximate surface area is 167 Å². The Balaban J connectivity index is 1.78. The summed E-state index contributed by atoms with van der Waals surface area (Å²) in [6.45, 7) is 2.28. The van der Waals surface area contributed by atoms with E-state index in [0.29, 0.717) is 11.6 Å². The Bertz CT molecular complexity index is 934. The average molecular weight is 393 g/mol. The van der Waals surface area contributed by atoms with Crippen LogP contribution in [0.2, 0.25) is 0 Å². The van der Waals surface area contributed by atoms with E-state index in [1.807, 2.05) is 67.6 Å². The zero-order valence-electron chi connectivity index (χ0n) is 15.3. The van der Waals surface area contributed by atoms with Gasteiger partial charge in [0.2, 0.25) is 5.91 Å². The molecule has 0 aliphatic carbocycles. The minimum absolute atomic E-state index is 0.0554. The van der Waals surface area contributed by atoms with Crippen molar-refractivity contribution >= 4 is 29.0 Å². The smallest absolute Gasteiger partial charge is 0.287 e. The second-order valence-electron chi connectivity index (χ2n) is 6.12. The van der Waals surface area contributed by atoms with Gasteiger partial charge in [-0.05, 0) is 30.7 Å². The highest BCUT2D eigenvalue weighted by Gasteiger charge is 2.23. The third-order valence-corrected chi connectivity index (χ3v) is 5.13. The maximum atomic E-state index is 13.2. The third-order valence-electron chi connectivity index (χ3n) is 4.09. The molecule has 0 aliphatic rings. The number of rotatable bonds is 7. The lowest BCUT2D eigenvalue weighted by molar-refractivity contribution is -0.385. The SMILES string of the molecule is CC(Sc1ccc([N+](=O)[O-])cn1)C(=O)N(Cc1ccccc1)c1ccccc1. The van der Waals surface area contributed by atoms with Gasteiger partial charge in [-0.15, -0.1) is 0 Å². The van der Waals surface area contributed by atoms with Crippen LogP contribution in [0.5, 0.6) is 0 Å². The van der Waals surface area contributed by atoms with Crippen molar-refractivity contribution in [2.75, 3.05) is 4.90 Å². The van der Waals surface area contributed by atoms with E-state index in [-0.39, 0.29) is 11.6 Å². The van der Waals surface area contributed by atoms with Crippen LogP contribution in [-0.2, 0) is 11.3 Å². The summed E-state index contributed by atoms with van der Waals surface area (Å²) in [5.74, 6) is -0.0554. The van der Waals surface area contributed by atoms with Gasteiger partial charge in [-0.3, -0.25) is 14.9 Å². The molecule has 0 spiro atoms. The Morgan fingerprint density at radius 1 is 1.07 bits per heavy atom. The molecule has 0 saturated carbocycles. The number of para-hydroxylation sites is 1. The monoisotopic (exact) mass is 393 g/mol. The summed E-state index contributed by atoms with van der Waals surface area (Å²) < 4.78 is 0. The zero-order valence-corrected chi connectivity index (χ0v) is 16.1. The molecule has 2 aromatic carbocycles.